The molecule has 1 amide bonds. The van der Waals surface area contributed by atoms with E-state index in [9.17, 15) is 13.2 Å². The molecule has 0 unspecified atom stereocenters. The number of amides is 1. The van der Waals surface area contributed by atoms with Crippen LogP contribution in [-0.4, -0.2) is 45.6 Å². The number of aryl methyl sites for hydroxylation is 2. The largest absolute Gasteiger partial charge is 0.439 e. The molecule has 0 saturated carbocycles. The summed E-state index contributed by atoms with van der Waals surface area (Å²) in [4.78, 5) is 19.3. The first-order valence-electron chi connectivity index (χ1n) is 11.2. The fourth-order valence-electron chi connectivity index (χ4n) is 3.74. The Morgan fingerprint density at radius 3 is 2.57 bits per heavy atom. The van der Waals surface area contributed by atoms with E-state index in [1.165, 1.54) is 12.1 Å². The Morgan fingerprint density at radius 1 is 1.11 bits per heavy atom. The van der Waals surface area contributed by atoms with Crippen LogP contribution in [-0.2, 0) is 21.3 Å². The third-order valence-corrected chi connectivity index (χ3v) is 6.61. The summed E-state index contributed by atoms with van der Waals surface area (Å²) in [7, 11) is -3.96. The van der Waals surface area contributed by atoms with E-state index in [0.717, 1.165) is 22.4 Å². The highest BCUT2D eigenvalue weighted by Gasteiger charge is 2.21. The number of sulfonamides is 1. The second-order valence-electron chi connectivity index (χ2n) is 8.38. The maximum absolute atomic E-state index is 13.1. The molecule has 0 atom stereocenters. The minimum Gasteiger partial charge on any atom is -0.439 e. The molecular formula is C25H28N4O5S. The van der Waals surface area contributed by atoms with Gasteiger partial charge in [-0.1, -0.05) is 18.2 Å². The highest BCUT2D eigenvalue weighted by atomic mass is 32.2. The van der Waals surface area contributed by atoms with Crippen LogP contribution in [0.25, 0.3) is 0 Å². The van der Waals surface area contributed by atoms with Crippen LogP contribution in [0.2, 0.25) is 0 Å². The Bertz CT molecular complexity index is 1320. The maximum atomic E-state index is 13.1. The van der Waals surface area contributed by atoms with E-state index in [2.05, 4.69) is 10.3 Å². The summed E-state index contributed by atoms with van der Waals surface area (Å²) in [6.07, 6.45) is 1.63. The molecular weight excluding hydrogens is 468 g/mol. The first kappa shape index (κ1) is 24.6. The zero-order chi connectivity index (χ0) is 25.0. The Balaban J connectivity index is 1.48. The molecule has 184 valence electrons. The minimum atomic E-state index is -3.96. The van der Waals surface area contributed by atoms with Crippen LogP contribution < -0.4 is 20.1 Å². The lowest BCUT2D eigenvalue weighted by molar-refractivity contribution is 0.0949. The predicted molar refractivity (Wildman–Crippen MR) is 132 cm³/mol. The van der Waals surface area contributed by atoms with E-state index in [1.54, 1.807) is 18.3 Å². The quantitative estimate of drug-likeness (QED) is 0.515. The van der Waals surface area contributed by atoms with E-state index in [0.29, 0.717) is 37.9 Å². The van der Waals surface area contributed by atoms with Crippen molar-refractivity contribution in [2.75, 3.05) is 31.2 Å². The fourth-order valence-corrected chi connectivity index (χ4v) is 4.28. The van der Waals surface area contributed by atoms with Crippen molar-refractivity contribution >= 4 is 21.6 Å². The Kier molecular flexibility index (Phi) is 7.34. The van der Waals surface area contributed by atoms with Gasteiger partial charge in [0.1, 0.15) is 5.75 Å². The summed E-state index contributed by atoms with van der Waals surface area (Å²) in [5.41, 5.74) is 3.73. The van der Waals surface area contributed by atoms with Crippen molar-refractivity contribution in [3.05, 3.63) is 77.0 Å². The number of nitrogens with zero attached hydrogens (tertiary/aromatic N) is 2. The normalized spacial score (nSPS) is 14.0. The van der Waals surface area contributed by atoms with Crippen molar-refractivity contribution in [3.63, 3.8) is 0 Å². The molecule has 2 aromatic carbocycles. The van der Waals surface area contributed by atoms with Crippen molar-refractivity contribution in [2.45, 2.75) is 25.3 Å². The van der Waals surface area contributed by atoms with Gasteiger partial charge in [0, 0.05) is 37.6 Å². The average molecular weight is 497 g/mol. The lowest BCUT2D eigenvalue weighted by atomic mass is 10.1. The van der Waals surface area contributed by atoms with Gasteiger partial charge in [-0.05, 0) is 54.8 Å². The molecule has 10 heteroatoms. The third-order valence-electron chi connectivity index (χ3n) is 5.70. The second-order valence-corrected chi connectivity index (χ2v) is 9.94. The van der Waals surface area contributed by atoms with Crippen LogP contribution in [0.5, 0.6) is 11.6 Å². The molecule has 1 aromatic heterocycles. The van der Waals surface area contributed by atoms with Gasteiger partial charge in [-0.2, -0.15) is 0 Å². The molecule has 35 heavy (non-hydrogen) atoms. The molecule has 4 rings (SSSR count). The van der Waals surface area contributed by atoms with Crippen LogP contribution in [0.3, 0.4) is 0 Å². The number of hydrogen-bond donors (Lipinski definition) is 2. The van der Waals surface area contributed by atoms with Crippen LogP contribution >= 0.6 is 0 Å². The minimum absolute atomic E-state index is 0.116. The number of nitrogens with two attached hydrogens (primary N) is 1. The van der Waals surface area contributed by atoms with E-state index in [4.69, 9.17) is 14.6 Å². The number of morpholine rings is 1. The first-order chi connectivity index (χ1) is 16.7. The highest BCUT2D eigenvalue weighted by Crippen LogP contribution is 2.26. The number of carbonyl (C=O) groups is 1. The van der Waals surface area contributed by atoms with E-state index < -0.39 is 15.9 Å². The van der Waals surface area contributed by atoms with Gasteiger partial charge in [0.05, 0.1) is 23.7 Å². The van der Waals surface area contributed by atoms with Crippen LogP contribution in [0.15, 0.2) is 59.6 Å². The molecule has 1 aliphatic heterocycles. The van der Waals surface area contributed by atoms with E-state index in [1.807, 2.05) is 43.0 Å². The number of ether oxygens (including phenoxy) is 2. The van der Waals surface area contributed by atoms with Gasteiger partial charge in [-0.15, -0.1) is 0 Å². The molecule has 0 radical (unpaired) electrons. The van der Waals surface area contributed by atoms with Gasteiger partial charge in [-0.25, -0.2) is 18.5 Å². The number of carbonyl (C=O) groups excluding carboxylic acids is 1. The van der Waals surface area contributed by atoms with Gasteiger partial charge in [-0.3, -0.25) is 4.79 Å². The van der Waals surface area contributed by atoms with Gasteiger partial charge in [0.25, 0.3) is 5.91 Å². The number of rotatable bonds is 7. The van der Waals surface area contributed by atoms with Crippen molar-refractivity contribution < 1.29 is 22.7 Å². The number of benzene rings is 2. The van der Waals surface area contributed by atoms with Crippen molar-refractivity contribution in [2.24, 2.45) is 5.14 Å². The third kappa shape index (κ3) is 6.16. The van der Waals surface area contributed by atoms with Gasteiger partial charge in [0.2, 0.25) is 15.9 Å². The molecule has 3 aromatic rings. The summed E-state index contributed by atoms with van der Waals surface area (Å²) in [5, 5.41) is 8.14. The number of pyridine rings is 1. The summed E-state index contributed by atoms with van der Waals surface area (Å²) in [6, 6.07) is 13.9. The zero-order valence-corrected chi connectivity index (χ0v) is 20.5. The number of nitrogens with one attached hydrogen (secondary N) is 1. The van der Waals surface area contributed by atoms with Crippen LogP contribution in [0, 0.1) is 13.8 Å². The first-order valence-corrected chi connectivity index (χ1v) is 12.7. The van der Waals surface area contributed by atoms with Crippen molar-refractivity contribution in [3.8, 4) is 11.6 Å². The van der Waals surface area contributed by atoms with Crippen molar-refractivity contribution in [1.82, 2.24) is 10.3 Å². The number of aromatic nitrogens is 1. The van der Waals surface area contributed by atoms with Crippen LogP contribution in [0.1, 0.15) is 27.0 Å². The Morgan fingerprint density at radius 2 is 1.89 bits per heavy atom. The fraction of sp³-hybridized carbons (Fsp3) is 0.280. The Hall–Kier alpha value is -3.47. The SMILES string of the molecule is Cc1ccc(C)c(Oc2ccc(CNC(=O)c3cc(S(N)(=O)=O)ccc3N3CCOCC3)cn2)c1. The summed E-state index contributed by atoms with van der Waals surface area (Å²) >= 11 is 0. The molecule has 3 N–H and O–H groups in total. The van der Waals surface area contributed by atoms with Crippen molar-refractivity contribution in [1.29, 1.82) is 0 Å². The molecule has 0 aliphatic carbocycles. The second kappa shape index (κ2) is 10.4. The number of hydrogen-bond acceptors (Lipinski definition) is 7. The maximum Gasteiger partial charge on any atom is 0.253 e. The smallest absolute Gasteiger partial charge is 0.253 e. The number of primary sulfonamides is 1. The number of anilines is 1. The lowest BCUT2D eigenvalue weighted by Gasteiger charge is -2.30. The zero-order valence-electron chi connectivity index (χ0n) is 19.7. The summed E-state index contributed by atoms with van der Waals surface area (Å²) in [6.45, 7) is 6.42. The average Bonchev–Trinajstić information content (AvgIpc) is 2.85. The van der Waals surface area contributed by atoms with Crippen LogP contribution in [0.4, 0.5) is 5.69 Å². The molecule has 9 nitrogen and oxygen atoms in total. The molecule has 0 spiro atoms. The molecule has 0 bridgehead atoms. The molecule has 1 aliphatic rings. The summed E-state index contributed by atoms with van der Waals surface area (Å²) in [5.74, 6) is 0.779. The topological polar surface area (TPSA) is 124 Å². The molecule has 2 heterocycles. The molecule has 1 saturated heterocycles. The highest BCUT2D eigenvalue weighted by molar-refractivity contribution is 7.89. The van der Waals surface area contributed by atoms with Gasteiger partial charge >= 0.3 is 0 Å². The van der Waals surface area contributed by atoms with E-state index in [-0.39, 0.29) is 17.0 Å². The Labute approximate surface area is 204 Å². The predicted octanol–water partition coefficient (Wildman–Crippen LogP) is 2.90. The summed E-state index contributed by atoms with van der Waals surface area (Å²) < 4.78 is 35.0. The van der Waals surface area contributed by atoms with Gasteiger partial charge < -0.3 is 19.7 Å². The standard InChI is InChI=1S/C25H28N4O5S/c1-17-3-4-18(2)23(13-17)34-24-8-5-19(15-27-24)16-28-25(30)21-14-20(35(26,31)32)6-7-22(21)29-9-11-33-12-10-29/h3-8,13-15H,9-12,16H2,1-2H3,(H,28,30)(H2,26,31,32). The van der Waals surface area contributed by atoms with Gasteiger partial charge in [0.15, 0.2) is 0 Å². The van der Waals surface area contributed by atoms with E-state index >= 15 is 0 Å². The lowest BCUT2D eigenvalue weighted by Crippen LogP contribution is -2.38. The molecule has 1 fully saturated rings. The monoisotopic (exact) mass is 496 g/mol.